The average Bonchev–Trinajstić information content (AvgIpc) is 3.00. The second kappa shape index (κ2) is 6.30. The van der Waals surface area contributed by atoms with Gasteiger partial charge < -0.3 is 9.72 Å². The predicted octanol–water partition coefficient (Wildman–Crippen LogP) is 3.89. The molecule has 1 aliphatic rings. The van der Waals surface area contributed by atoms with Crippen molar-refractivity contribution in [3.05, 3.63) is 58.2 Å². The number of halogens is 1. The number of ether oxygens (including phenoxy) is 1. The molecule has 0 atom stereocenters. The number of nitrogens with zero attached hydrogens (tertiary/aromatic N) is 1. The SMILES string of the molecule is COc1ccc2[nH]c3c(c2c1)CN(S(=O)(=O)c1ccc(Cl)c(C)c1)CC3. The monoisotopic (exact) mass is 390 g/mol. The molecule has 26 heavy (non-hydrogen) atoms. The highest BCUT2D eigenvalue weighted by molar-refractivity contribution is 7.89. The van der Waals surface area contributed by atoms with Gasteiger partial charge >= 0.3 is 0 Å². The van der Waals surface area contributed by atoms with Crippen molar-refractivity contribution in [1.82, 2.24) is 9.29 Å². The van der Waals surface area contributed by atoms with Gasteiger partial charge in [-0.3, -0.25) is 0 Å². The number of nitrogens with one attached hydrogen (secondary N) is 1. The summed E-state index contributed by atoms with van der Waals surface area (Å²) in [6.07, 6.45) is 0.651. The summed E-state index contributed by atoms with van der Waals surface area (Å²) in [4.78, 5) is 3.68. The maximum atomic E-state index is 13.1. The average molecular weight is 391 g/mol. The van der Waals surface area contributed by atoms with E-state index < -0.39 is 10.0 Å². The minimum atomic E-state index is -3.58. The predicted molar refractivity (Wildman–Crippen MR) is 102 cm³/mol. The number of hydrogen-bond acceptors (Lipinski definition) is 3. The van der Waals surface area contributed by atoms with Gasteiger partial charge in [-0.2, -0.15) is 4.31 Å². The van der Waals surface area contributed by atoms with E-state index in [4.69, 9.17) is 16.3 Å². The van der Waals surface area contributed by atoms with Crippen molar-refractivity contribution in [2.24, 2.45) is 0 Å². The first-order chi connectivity index (χ1) is 12.4. The van der Waals surface area contributed by atoms with Crippen LogP contribution in [0.4, 0.5) is 0 Å². The van der Waals surface area contributed by atoms with Crippen LogP contribution in [0.15, 0.2) is 41.3 Å². The zero-order chi connectivity index (χ0) is 18.5. The summed E-state index contributed by atoms with van der Waals surface area (Å²) in [6, 6.07) is 10.6. The van der Waals surface area contributed by atoms with E-state index in [1.54, 1.807) is 25.3 Å². The van der Waals surface area contributed by atoms with Gasteiger partial charge in [0.1, 0.15) is 5.75 Å². The zero-order valence-electron chi connectivity index (χ0n) is 14.5. The molecule has 5 nitrogen and oxygen atoms in total. The van der Waals surface area contributed by atoms with E-state index in [1.807, 2.05) is 25.1 Å². The van der Waals surface area contributed by atoms with Gasteiger partial charge in [0.15, 0.2) is 0 Å². The van der Waals surface area contributed by atoms with Crippen LogP contribution in [0.3, 0.4) is 0 Å². The molecule has 0 radical (unpaired) electrons. The van der Waals surface area contributed by atoms with Gasteiger partial charge in [0.05, 0.1) is 12.0 Å². The topological polar surface area (TPSA) is 62.4 Å². The largest absolute Gasteiger partial charge is 0.497 e. The number of H-pyrrole nitrogens is 1. The molecular weight excluding hydrogens is 372 g/mol. The fourth-order valence-electron chi connectivity index (χ4n) is 3.43. The van der Waals surface area contributed by atoms with Crippen LogP contribution in [0, 0.1) is 6.92 Å². The molecule has 4 rings (SSSR count). The molecule has 136 valence electrons. The Labute approximate surface area is 157 Å². The molecule has 0 amide bonds. The molecule has 0 saturated heterocycles. The molecule has 0 bridgehead atoms. The molecule has 0 aliphatic carbocycles. The third-order valence-electron chi connectivity index (χ3n) is 4.91. The van der Waals surface area contributed by atoms with Crippen molar-refractivity contribution < 1.29 is 13.2 Å². The van der Waals surface area contributed by atoms with Crippen LogP contribution >= 0.6 is 11.6 Å². The van der Waals surface area contributed by atoms with Gasteiger partial charge in [0.25, 0.3) is 0 Å². The molecule has 0 saturated carbocycles. The molecule has 2 heterocycles. The first kappa shape index (κ1) is 17.4. The van der Waals surface area contributed by atoms with Crippen molar-refractivity contribution in [2.45, 2.75) is 24.8 Å². The number of fused-ring (bicyclic) bond motifs is 3. The van der Waals surface area contributed by atoms with Crippen LogP contribution in [0.25, 0.3) is 10.9 Å². The summed E-state index contributed by atoms with van der Waals surface area (Å²) in [5.74, 6) is 0.757. The summed E-state index contributed by atoms with van der Waals surface area (Å²) < 4.78 is 33.0. The highest BCUT2D eigenvalue weighted by Gasteiger charge is 2.30. The van der Waals surface area contributed by atoms with Crippen LogP contribution < -0.4 is 4.74 Å². The van der Waals surface area contributed by atoms with Crippen LogP contribution in [0.1, 0.15) is 16.8 Å². The van der Waals surface area contributed by atoms with E-state index in [9.17, 15) is 8.42 Å². The fraction of sp³-hybridized carbons (Fsp3) is 0.263. The Bertz CT molecular complexity index is 1110. The Morgan fingerprint density at radius 2 is 2.00 bits per heavy atom. The molecule has 1 N–H and O–H groups in total. The highest BCUT2D eigenvalue weighted by atomic mass is 35.5. The van der Waals surface area contributed by atoms with E-state index in [0.717, 1.165) is 33.5 Å². The maximum absolute atomic E-state index is 13.1. The van der Waals surface area contributed by atoms with Gasteiger partial charge in [-0.25, -0.2) is 8.42 Å². The van der Waals surface area contributed by atoms with Gasteiger partial charge in [-0.05, 0) is 54.4 Å². The summed E-state index contributed by atoms with van der Waals surface area (Å²) in [5, 5.41) is 1.57. The number of sulfonamides is 1. The Balaban J connectivity index is 1.74. The molecule has 0 fully saturated rings. The van der Waals surface area contributed by atoms with Crippen molar-refractivity contribution in [3.8, 4) is 5.75 Å². The second-order valence-corrected chi connectivity index (χ2v) is 8.84. The zero-order valence-corrected chi connectivity index (χ0v) is 16.1. The fourth-order valence-corrected chi connectivity index (χ4v) is 5.04. The lowest BCUT2D eigenvalue weighted by atomic mass is 10.1. The van der Waals surface area contributed by atoms with Crippen LogP contribution in [-0.4, -0.2) is 31.4 Å². The first-order valence-corrected chi connectivity index (χ1v) is 10.2. The number of hydrogen-bond donors (Lipinski definition) is 1. The number of benzene rings is 2. The van der Waals surface area contributed by atoms with Gasteiger partial charge in [0, 0.05) is 41.1 Å². The summed E-state index contributed by atoms with van der Waals surface area (Å²) in [6.45, 7) is 2.59. The quantitative estimate of drug-likeness (QED) is 0.738. The van der Waals surface area contributed by atoms with Crippen LogP contribution in [0.2, 0.25) is 5.02 Å². The van der Waals surface area contributed by atoms with Crippen molar-refractivity contribution >= 4 is 32.5 Å². The summed E-state index contributed by atoms with van der Waals surface area (Å²) in [5.41, 5.74) is 3.85. The van der Waals surface area contributed by atoms with Crippen LogP contribution in [-0.2, 0) is 23.0 Å². The standard InChI is InChI=1S/C19H19ClN2O3S/c1-12-9-14(4-5-17(12)20)26(23,24)22-8-7-19-16(11-22)15-10-13(25-2)3-6-18(15)21-19/h3-6,9-10,21H,7-8,11H2,1-2H3. The lowest BCUT2D eigenvalue weighted by Crippen LogP contribution is -2.35. The Hall–Kier alpha value is -2.02. The molecule has 7 heteroatoms. The van der Waals surface area contributed by atoms with Gasteiger partial charge in [-0.1, -0.05) is 11.6 Å². The normalized spacial score (nSPS) is 15.2. The molecular formula is C19H19ClN2O3S. The van der Waals surface area contributed by atoms with Crippen molar-refractivity contribution in [3.63, 3.8) is 0 Å². The molecule has 2 aromatic carbocycles. The maximum Gasteiger partial charge on any atom is 0.243 e. The van der Waals surface area contributed by atoms with E-state index in [1.165, 1.54) is 4.31 Å². The minimum Gasteiger partial charge on any atom is -0.497 e. The Kier molecular flexibility index (Phi) is 4.22. The molecule has 1 aromatic heterocycles. The molecule has 0 unspecified atom stereocenters. The van der Waals surface area contributed by atoms with E-state index in [-0.39, 0.29) is 4.90 Å². The van der Waals surface area contributed by atoms with Crippen molar-refractivity contribution in [2.75, 3.05) is 13.7 Å². The Morgan fingerprint density at radius 1 is 1.19 bits per heavy atom. The molecule has 1 aliphatic heterocycles. The van der Waals surface area contributed by atoms with E-state index in [0.29, 0.717) is 24.5 Å². The van der Waals surface area contributed by atoms with E-state index in [2.05, 4.69) is 4.98 Å². The minimum absolute atomic E-state index is 0.278. The van der Waals surface area contributed by atoms with Crippen LogP contribution in [0.5, 0.6) is 5.75 Å². The molecule has 0 spiro atoms. The highest BCUT2D eigenvalue weighted by Crippen LogP contribution is 2.33. The number of aromatic amines is 1. The molecule has 3 aromatic rings. The Morgan fingerprint density at radius 3 is 2.73 bits per heavy atom. The first-order valence-electron chi connectivity index (χ1n) is 8.34. The second-order valence-electron chi connectivity index (χ2n) is 6.49. The summed E-state index contributed by atoms with van der Waals surface area (Å²) in [7, 11) is -1.95. The van der Waals surface area contributed by atoms with Gasteiger partial charge in [-0.15, -0.1) is 0 Å². The lowest BCUT2D eigenvalue weighted by Gasteiger charge is -2.26. The number of aromatic nitrogens is 1. The van der Waals surface area contributed by atoms with E-state index >= 15 is 0 Å². The van der Waals surface area contributed by atoms with Gasteiger partial charge in [0.2, 0.25) is 10.0 Å². The number of rotatable bonds is 3. The lowest BCUT2D eigenvalue weighted by molar-refractivity contribution is 0.391. The smallest absolute Gasteiger partial charge is 0.243 e. The summed E-state index contributed by atoms with van der Waals surface area (Å²) >= 11 is 6.04. The van der Waals surface area contributed by atoms with Crippen molar-refractivity contribution in [1.29, 1.82) is 0 Å². The third kappa shape index (κ3) is 2.78. The number of methoxy groups -OCH3 is 1. The number of aryl methyl sites for hydroxylation is 1. The third-order valence-corrected chi connectivity index (χ3v) is 7.18.